The van der Waals surface area contributed by atoms with Gasteiger partial charge in [0.15, 0.2) is 0 Å². The maximum Gasteiger partial charge on any atom is 0.275 e. The Morgan fingerprint density at radius 1 is 1.38 bits per heavy atom. The van der Waals surface area contributed by atoms with Crippen LogP contribution in [0.4, 0.5) is 0 Å². The lowest BCUT2D eigenvalue weighted by Crippen LogP contribution is -2.18. The Labute approximate surface area is 127 Å². The molecule has 1 aromatic heterocycles. The van der Waals surface area contributed by atoms with Crippen molar-refractivity contribution in [3.8, 4) is 5.75 Å². The van der Waals surface area contributed by atoms with Crippen LogP contribution in [0.3, 0.4) is 0 Å². The van der Waals surface area contributed by atoms with Gasteiger partial charge in [-0.3, -0.25) is 4.79 Å². The van der Waals surface area contributed by atoms with E-state index in [1.165, 1.54) is 4.88 Å². The molecule has 2 rings (SSSR count). The first-order chi connectivity index (χ1) is 10.2. The first-order valence-corrected chi connectivity index (χ1v) is 7.25. The molecule has 1 heterocycles. The smallest absolute Gasteiger partial charge is 0.275 e. The van der Waals surface area contributed by atoms with Crippen LogP contribution < -0.4 is 10.2 Å². The zero-order chi connectivity index (χ0) is 15.1. The van der Waals surface area contributed by atoms with Crippen molar-refractivity contribution in [1.82, 2.24) is 5.43 Å². The molecular formula is C16H16N2O2S. The van der Waals surface area contributed by atoms with Crippen LogP contribution in [0, 0.1) is 6.92 Å². The molecule has 0 saturated carbocycles. The summed E-state index contributed by atoms with van der Waals surface area (Å²) < 4.78 is 5.45. The second-order valence-electron chi connectivity index (χ2n) is 4.24. The highest BCUT2D eigenvalue weighted by Gasteiger charge is 2.10. The van der Waals surface area contributed by atoms with Gasteiger partial charge in [0.2, 0.25) is 0 Å². The molecule has 108 valence electrons. The molecule has 0 bridgehead atoms. The number of hydrogen-bond donors (Lipinski definition) is 1. The highest BCUT2D eigenvalue weighted by atomic mass is 32.1. The molecule has 4 nitrogen and oxygen atoms in total. The van der Waals surface area contributed by atoms with E-state index >= 15 is 0 Å². The maximum atomic E-state index is 12.1. The second-order valence-corrected chi connectivity index (χ2v) is 5.56. The summed E-state index contributed by atoms with van der Waals surface area (Å²) in [6, 6.07) is 11.0. The summed E-state index contributed by atoms with van der Waals surface area (Å²) in [7, 11) is 0. The van der Waals surface area contributed by atoms with E-state index in [1.807, 2.05) is 25.1 Å². The molecule has 0 aliphatic rings. The van der Waals surface area contributed by atoms with E-state index in [2.05, 4.69) is 17.1 Å². The Morgan fingerprint density at radius 3 is 2.90 bits per heavy atom. The monoisotopic (exact) mass is 300 g/mol. The lowest BCUT2D eigenvalue weighted by molar-refractivity contribution is 0.0951. The first-order valence-electron chi connectivity index (χ1n) is 6.43. The molecule has 0 saturated heterocycles. The summed E-state index contributed by atoms with van der Waals surface area (Å²) in [6.07, 6.45) is 3.26. The molecule has 0 aliphatic heterocycles. The second kappa shape index (κ2) is 7.40. The molecule has 0 aliphatic carbocycles. The fourth-order valence-electron chi connectivity index (χ4n) is 1.67. The predicted molar refractivity (Wildman–Crippen MR) is 86.3 cm³/mol. The summed E-state index contributed by atoms with van der Waals surface area (Å²) >= 11 is 1.61. The van der Waals surface area contributed by atoms with Gasteiger partial charge >= 0.3 is 0 Å². The molecule has 0 spiro atoms. The summed E-state index contributed by atoms with van der Waals surface area (Å²) in [4.78, 5) is 14.3. The summed E-state index contributed by atoms with van der Waals surface area (Å²) in [5.74, 6) is 0.205. The summed E-state index contributed by atoms with van der Waals surface area (Å²) in [5.41, 5.74) is 2.95. The molecule has 1 aromatic carbocycles. The molecule has 0 atom stereocenters. The number of nitrogens with one attached hydrogen (secondary N) is 1. The van der Waals surface area contributed by atoms with Gasteiger partial charge in [-0.25, -0.2) is 5.43 Å². The molecule has 21 heavy (non-hydrogen) atoms. The van der Waals surface area contributed by atoms with Crippen molar-refractivity contribution in [2.45, 2.75) is 6.92 Å². The minimum Gasteiger partial charge on any atom is -0.489 e. The SMILES string of the molecule is C=CCOc1ccccc1C(=O)N/N=C/c1ccc(C)s1. The summed E-state index contributed by atoms with van der Waals surface area (Å²) in [6.45, 7) is 5.96. The Morgan fingerprint density at radius 2 is 2.19 bits per heavy atom. The van der Waals surface area contributed by atoms with Crippen LogP contribution in [0.1, 0.15) is 20.1 Å². The van der Waals surface area contributed by atoms with Crippen LogP contribution in [0.5, 0.6) is 5.75 Å². The van der Waals surface area contributed by atoms with Crippen molar-refractivity contribution in [2.75, 3.05) is 6.61 Å². The van der Waals surface area contributed by atoms with Gasteiger partial charge in [-0.05, 0) is 31.2 Å². The van der Waals surface area contributed by atoms with E-state index in [1.54, 1.807) is 41.8 Å². The lowest BCUT2D eigenvalue weighted by atomic mass is 10.2. The fraction of sp³-hybridized carbons (Fsp3) is 0.125. The van der Waals surface area contributed by atoms with Crippen molar-refractivity contribution < 1.29 is 9.53 Å². The zero-order valence-electron chi connectivity index (χ0n) is 11.7. The number of para-hydroxylation sites is 1. The fourth-order valence-corrected chi connectivity index (χ4v) is 2.42. The normalized spacial score (nSPS) is 10.5. The molecule has 1 N–H and O–H groups in total. The molecule has 0 fully saturated rings. The molecule has 5 heteroatoms. The number of nitrogens with zero attached hydrogens (tertiary/aromatic N) is 1. The number of hydrogen-bond acceptors (Lipinski definition) is 4. The molecule has 2 aromatic rings. The van der Waals surface area contributed by atoms with Gasteiger partial charge < -0.3 is 4.74 Å². The quantitative estimate of drug-likeness (QED) is 0.505. The van der Waals surface area contributed by atoms with Crippen LogP contribution in [0.25, 0.3) is 0 Å². The van der Waals surface area contributed by atoms with E-state index in [0.29, 0.717) is 17.9 Å². The van der Waals surface area contributed by atoms with Crippen molar-refractivity contribution in [3.63, 3.8) is 0 Å². The number of hydrazone groups is 1. The Bertz CT molecular complexity index is 662. The van der Waals surface area contributed by atoms with E-state index in [9.17, 15) is 4.79 Å². The van der Waals surface area contributed by atoms with Gasteiger partial charge in [0.05, 0.1) is 11.8 Å². The van der Waals surface area contributed by atoms with Gasteiger partial charge in [0.1, 0.15) is 12.4 Å². The van der Waals surface area contributed by atoms with Crippen LogP contribution in [0.2, 0.25) is 0 Å². The van der Waals surface area contributed by atoms with Crippen LogP contribution in [-0.4, -0.2) is 18.7 Å². The number of rotatable bonds is 6. The van der Waals surface area contributed by atoms with Crippen LogP contribution in [0.15, 0.2) is 54.2 Å². The van der Waals surface area contributed by atoms with E-state index in [-0.39, 0.29) is 5.91 Å². The Balaban J connectivity index is 2.03. The minimum atomic E-state index is -0.306. The van der Waals surface area contributed by atoms with Gasteiger partial charge in [-0.15, -0.1) is 11.3 Å². The minimum absolute atomic E-state index is 0.306. The third-order valence-corrected chi connectivity index (χ3v) is 3.54. The standard InChI is InChI=1S/C16H16N2O2S/c1-3-10-20-15-7-5-4-6-14(15)16(19)18-17-11-13-9-8-12(2)21-13/h3-9,11H,1,10H2,2H3,(H,18,19)/b17-11+. The lowest BCUT2D eigenvalue weighted by Gasteiger charge is -2.08. The molecular weight excluding hydrogens is 284 g/mol. The highest BCUT2D eigenvalue weighted by molar-refractivity contribution is 7.13. The van der Waals surface area contributed by atoms with Crippen molar-refractivity contribution >= 4 is 23.5 Å². The van der Waals surface area contributed by atoms with Gasteiger partial charge in [0, 0.05) is 9.75 Å². The van der Waals surface area contributed by atoms with Gasteiger partial charge in [-0.1, -0.05) is 24.8 Å². The van der Waals surface area contributed by atoms with Crippen molar-refractivity contribution in [1.29, 1.82) is 0 Å². The number of carbonyl (C=O) groups is 1. The predicted octanol–water partition coefficient (Wildman–Crippen LogP) is 3.39. The summed E-state index contributed by atoms with van der Waals surface area (Å²) in [5, 5.41) is 3.96. The van der Waals surface area contributed by atoms with Crippen molar-refractivity contribution in [2.24, 2.45) is 5.10 Å². The third kappa shape index (κ3) is 4.29. The number of carbonyl (C=O) groups excluding carboxylic acids is 1. The average Bonchev–Trinajstić information content (AvgIpc) is 2.91. The number of benzene rings is 1. The maximum absolute atomic E-state index is 12.1. The molecule has 1 amide bonds. The highest BCUT2D eigenvalue weighted by Crippen LogP contribution is 2.17. The number of thiophene rings is 1. The van der Waals surface area contributed by atoms with E-state index in [0.717, 1.165) is 4.88 Å². The number of amides is 1. The van der Waals surface area contributed by atoms with E-state index < -0.39 is 0 Å². The Hall–Kier alpha value is -2.40. The molecule has 0 unspecified atom stereocenters. The van der Waals surface area contributed by atoms with Crippen LogP contribution >= 0.6 is 11.3 Å². The van der Waals surface area contributed by atoms with Crippen molar-refractivity contribution in [3.05, 3.63) is 64.4 Å². The van der Waals surface area contributed by atoms with Gasteiger partial charge in [-0.2, -0.15) is 5.10 Å². The Kier molecular flexibility index (Phi) is 5.29. The van der Waals surface area contributed by atoms with Gasteiger partial charge in [0.25, 0.3) is 5.91 Å². The third-order valence-electron chi connectivity index (χ3n) is 2.61. The first kappa shape index (κ1) is 15.0. The largest absolute Gasteiger partial charge is 0.489 e. The number of aryl methyl sites for hydroxylation is 1. The average molecular weight is 300 g/mol. The number of ether oxygens (including phenoxy) is 1. The zero-order valence-corrected chi connectivity index (χ0v) is 12.5. The van der Waals surface area contributed by atoms with Crippen LogP contribution in [-0.2, 0) is 0 Å². The van der Waals surface area contributed by atoms with E-state index in [4.69, 9.17) is 4.74 Å². The molecule has 0 radical (unpaired) electrons. The topological polar surface area (TPSA) is 50.7 Å².